The Morgan fingerprint density at radius 2 is 2.35 bits per heavy atom. The van der Waals surface area contributed by atoms with Crippen LogP contribution in [0.5, 0.6) is 11.5 Å². The van der Waals surface area contributed by atoms with E-state index in [1.165, 1.54) is 6.42 Å². The summed E-state index contributed by atoms with van der Waals surface area (Å²) in [6.45, 7) is 2.52. The number of methoxy groups -OCH3 is 1. The molecule has 1 saturated heterocycles. The fraction of sp³-hybridized carbons (Fsp3) is 0.538. The van der Waals surface area contributed by atoms with Gasteiger partial charge in [0.05, 0.1) is 7.11 Å². The van der Waals surface area contributed by atoms with E-state index in [9.17, 15) is 5.11 Å². The number of rotatable bonds is 4. The minimum absolute atomic E-state index is 0.298. The van der Waals surface area contributed by atoms with E-state index >= 15 is 0 Å². The Hall–Kier alpha value is -1.26. The van der Waals surface area contributed by atoms with Gasteiger partial charge in [-0.25, -0.2) is 0 Å². The Kier molecular flexibility index (Phi) is 3.86. The van der Waals surface area contributed by atoms with Crippen LogP contribution in [-0.2, 0) is 6.54 Å². The van der Waals surface area contributed by atoms with Crippen LogP contribution < -0.4 is 10.5 Å². The Morgan fingerprint density at radius 3 is 3.00 bits per heavy atom. The summed E-state index contributed by atoms with van der Waals surface area (Å²) >= 11 is 0. The van der Waals surface area contributed by atoms with E-state index < -0.39 is 0 Å². The number of phenols is 1. The number of hydrogen-bond acceptors (Lipinski definition) is 4. The first-order valence-electron chi connectivity index (χ1n) is 6.04. The van der Waals surface area contributed by atoms with E-state index in [-0.39, 0.29) is 0 Å². The van der Waals surface area contributed by atoms with Crippen molar-refractivity contribution in [2.75, 3.05) is 20.2 Å². The topological polar surface area (TPSA) is 58.7 Å². The number of aromatic hydroxyl groups is 1. The maximum absolute atomic E-state index is 9.90. The molecule has 1 aromatic carbocycles. The molecule has 1 fully saturated rings. The zero-order chi connectivity index (χ0) is 12.3. The zero-order valence-corrected chi connectivity index (χ0v) is 10.2. The fourth-order valence-electron chi connectivity index (χ4n) is 2.39. The van der Waals surface area contributed by atoms with E-state index in [0.717, 1.165) is 25.1 Å². The molecule has 0 aromatic heterocycles. The van der Waals surface area contributed by atoms with Gasteiger partial charge in [0.1, 0.15) is 11.5 Å². The highest BCUT2D eigenvalue weighted by Gasteiger charge is 2.23. The average Bonchev–Trinajstić information content (AvgIpc) is 2.79. The quantitative estimate of drug-likeness (QED) is 0.828. The fourth-order valence-corrected chi connectivity index (χ4v) is 2.39. The molecule has 1 unspecified atom stereocenters. The lowest BCUT2D eigenvalue weighted by atomic mass is 10.1. The lowest BCUT2D eigenvalue weighted by Crippen LogP contribution is -2.34. The van der Waals surface area contributed by atoms with Crippen molar-refractivity contribution in [1.82, 2.24) is 4.90 Å². The molecule has 0 spiro atoms. The summed E-state index contributed by atoms with van der Waals surface area (Å²) < 4.78 is 5.07. The van der Waals surface area contributed by atoms with Gasteiger partial charge in [0.15, 0.2) is 0 Å². The van der Waals surface area contributed by atoms with Crippen LogP contribution in [0.1, 0.15) is 18.4 Å². The Morgan fingerprint density at radius 1 is 1.53 bits per heavy atom. The van der Waals surface area contributed by atoms with Crippen LogP contribution in [0.4, 0.5) is 0 Å². The van der Waals surface area contributed by atoms with Crippen molar-refractivity contribution in [3.8, 4) is 11.5 Å². The van der Waals surface area contributed by atoms with Crippen molar-refractivity contribution in [3.63, 3.8) is 0 Å². The van der Waals surface area contributed by atoms with Gasteiger partial charge in [0, 0.05) is 30.8 Å². The van der Waals surface area contributed by atoms with Crippen LogP contribution in [0.3, 0.4) is 0 Å². The summed E-state index contributed by atoms with van der Waals surface area (Å²) in [7, 11) is 1.60. The average molecular weight is 236 g/mol. The van der Waals surface area contributed by atoms with E-state index in [2.05, 4.69) is 4.90 Å². The van der Waals surface area contributed by atoms with E-state index in [1.807, 2.05) is 12.1 Å². The molecule has 4 heteroatoms. The molecule has 17 heavy (non-hydrogen) atoms. The molecule has 1 aromatic rings. The van der Waals surface area contributed by atoms with Gasteiger partial charge in [-0.05, 0) is 25.5 Å². The zero-order valence-electron chi connectivity index (χ0n) is 10.2. The molecule has 1 atom stereocenters. The summed E-state index contributed by atoms with van der Waals surface area (Å²) in [5, 5.41) is 9.90. The van der Waals surface area contributed by atoms with Gasteiger partial charge in [-0.2, -0.15) is 0 Å². The standard InChI is InChI=1S/C13H20N2O2/c1-17-12-5-4-10(13(16)7-12)9-15-6-2-3-11(15)8-14/h4-5,7,11,16H,2-3,6,8-9,14H2,1H3. The third-order valence-electron chi connectivity index (χ3n) is 3.44. The maximum atomic E-state index is 9.90. The van der Waals surface area contributed by atoms with Crippen LogP contribution in [-0.4, -0.2) is 36.2 Å². The third-order valence-corrected chi connectivity index (χ3v) is 3.44. The maximum Gasteiger partial charge on any atom is 0.123 e. The van der Waals surface area contributed by atoms with Crippen LogP contribution in [0, 0.1) is 0 Å². The highest BCUT2D eigenvalue weighted by molar-refractivity contribution is 5.39. The largest absolute Gasteiger partial charge is 0.507 e. The van der Waals surface area contributed by atoms with Crippen molar-refractivity contribution in [2.24, 2.45) is 5.73 Å². The first-order valence-corrected chi connectivity index (χ1v) is 6.04. The molecule has 1 heterocycles. The van der Waals surface area contributed by atoms with Crippen molar-refractivity contribution < 1.29 is 9.84 Å². The minimum Gasteiger partial charge on any atom is -0.507 e. The molecular formula is C13H20N2O2. The van der Waals surface area contributed by atoms with Crippen molar-refractivity contribution in [2.45, 2.75) is 25.4 Å². The molecule has 0 saturated carbocycles. The predicted octanol–water partition coefficient (Wildman–Crippen LogP) is 1.32. The lowest BCUT2D eigenvalue weighted by molar-refractivity contribution is 0.247. The number of phenolic OH excluding ortho intramolecular Hbond substituents is 1. The first-order chi connectivity index (χ1) is 8.24. The summed E-state index contributed by atoms with van der Waals surface area (Å²) in [6.07, 6.45) is 2.35. The van der Waals surface area contributed by atoms with Crippen LogP contribution >= 0.6 is 0 Å². The number of hydrogen-bond donors (Lipinski definition) is 2. The molecule has 0 bridgehead atoms. The van der Waals surface area contributed by atoms with E-state index in [0.29, 0.717) is 24.1 Å². The van der Waals surface area contributed by atoms with Crippen molar-refractivity contribution >= 4 is 0 Å². The number of ether oxygens (including phenoxy) is 1. The molecule has 2 rings (SSSR count). The summed E-state index contributed by atoms with van der Waals surface area (Å²) in [6, 6.07) is 5.90. The number of benzene rings is 1. The van der Waals surface area contributed by atoms with Gasteiger partial charge in [0.25, 0.3) is 0 Å². The Labute approximate surface area is 102 Å². The van der Waals surface area contributed by atoms with Gasteiger partial charge < -0.3 is 15.6 Å². The van der Waals surface area contributed by atoms with Gasteiger partial charge in [-0.1, -0.05) is 6.07 Å². The van der Waals surface area contributed by atoms with E-state index in [1.54, 1.807) is 13.2 Å². The minimum atomic E-state index is 0.298. The van der Waals surface area contributed by atoms with Gasteiger partial charge in [0.2, 0.25) is 0 Å². The highest BCUT2D eigenvalue weighted by Crippen LogP contribution is 2.27. The normalized spacial score (nSPS) is 20.7. The van der Waals surface area contributed by atoms with Crippen molar-refractivity contribution in [1.29, 1.82) is 0 Å². The summed E-state index contributed by atoms with van der Waals surface area (Å²) in [5.41, 5.74) is 6.67. The first kappa shape index (κ1) is 12.2. The molecule has 3 N–H and O–H groups in total. The Bertz CT molecular complexity index is 382. The number of nitrogens with zero attached hydrogens (tertiary/aromatic N) is 1. The SMILES string of the molecule is COc1ccc(CN2CCCC2CN)c(O)c1. The molecular weight excluding hydrogens is 216 g/mol. The molecule has 4 nitrogen and oxygen atoms in total. The molecule has 0 aliphatic carbocycles. The van der Waals surface area contributed by atoms with Gasteiger partial charge in [-0.15, -0.1) is 0 Å². The molecule has 94 valence electrons. The molecule has 1 aliphatic heterocycles. The van der Waals surface area contributed by atoms with Crippen LogP contribution in [0.15, 0.2) is 18.2 Å². The third kappa shape index (κ3) is 2.70. The van der Waals surface area contributed by atoms with E-state index in [4.69, 9.17) is 10.5 Å². The smallest absolute Gasteiger partial charge is 0.123 e. The lowest BCUT2D eigenvalue weighted by Gasteiger charge is -2.23. The van der Waals surface area contributed by atoms with Crippen LogP contribution in [0.25, 0.3) is 0 Å². The number of nitrogens with two attached hydrogens (primary N) is 1. The second kappa shape index (κ2) is 5.38. The van der Waals surface area contributed by atoms with Crippen molar-refractivity contribution in [3.05, 3.63) is 23.8 Å². The second-order valence-electron chi connectivity index (χ2n) is 4.50. The highest BCUT2D eigenvalue weighted by atomic mass is 16.5. The summed E-state index contributed by atoms with van der Waals surface area (Å²) in [5.74, 6) is 0.982. The Balaban J connectivity index is 2.08. The second-order valence-corrected chi connectivity index (χ2v) is 4.50. The number of likely N-dealkylation sites (tertiary alicyclic amines) is 1. The molecule has 0 radical (unpaired) electrons. The van der Waals surface area contributed by atoms with Gasteiger partial charge in [-0.3, -0.25) is 4.90 Å². The monoisotopic (exact) mass is 236 g/mol. The predicted molar refractivity (Wildman–Crippen MR) is 67.1 cm³/mol. The van der Waals surface area contributed by atoms with Crippen LogP contribution in [0.2, 0.25) is 0 Å². The van der Waals surface area contributed by atoms with Gasteiger partial charge >= 0.3 is 0 Å². The summed E-state index contributed by atoms with van der Waals surface area (Å²) in [4.78, 5) is 2.33. The molecule has 0 amide bonds. The molecule has 1 aliphatic rings.